The molecule has 1 aliphatic rings. The summed E-state index contributed by atoms with van der Waals surface area (Å²) in [5, 5.41) is -0.485. The normalized spacial score (nSPS) is 15.4. The quantitative estimate of drug-likeness (QED) is 0.749. The van der Waals surface area contributed by atoms with Crippen molar-refractivity contribution in [1.82, 2.24) is 0 Å². The Kier molecular flexibility index (Phi) is 4.85. The predicted octanol–water partition coefficient (Wildman–Crippen LogP) is 3.41. The highest BCUT2D eigenvalue weighted by atomic mass is 32.2. The van der Waals surface area contributed by atoms with Gasteiger partial charge in [0.2, 0.25) is 10.0 Å². The summed E-state index contributed by atoms with van der Waals surface area (Å²) in [5.74, 6) is 0. The number of alkyl halides is 3. The van der Waals surface area contributed by atoms with Gasteiger partial charge in [0.25, 0.3) is 10.0 Å². The molecule has 0 heterocycles. The predicted molar refractivity (Wildman–Crippen MR) is 94.3 cm³/mol. The van der Waals surface area contributed by atoms with E-state index in [-0.39, 0.29) is 16.3 Å². The topological polar surface area (TPSA) is 92.3 Å². The van der Waals surface area contributed by atoms with Gasteiger partial charge in [-0.25, -0.2) is 16.8 Å². The second-order valence-electron chi connectivity index (χ2n) is 6.06. The summed E-state index contributed by atoms with van der Waals surface area (Å²) >= 11 is 0. The molecule has 146 valence electrons. The Labute approximate surface area is 154 Å². The summed E-state index contributed by atoms with van der Waals surface area (Å²) < 4.78 is 91.5. The minimum atomic E-state index is -4.61. The van der Waals surface area contributed by atoms with Crippen LogP contribution in [-0.4, -0.2) is 22.1 Å². The summed E-state index contributed by atoms with van der Waals surface area (Å²) in [6, 6.07) is 8.82. The molecule has 0 radical (unpaired) electrons. The van der Waals surface area contributed by atoms with Crippen LogP contribution in [0.5, 0.6) is 0 Å². The number of rotatable bonds is 6. The van der Waals surface area contributed by atoms with Crippen LogP contribution >= 0.6 is 0 Å². The minimum absolute atomic E-state index is 0.0637. The van der Waals surface area contributed by atoms with Gasteiger partial charge in [0.1, 0.15) is 0 Å². The van der Waals surface area contributed by atoms with E-state index < -0.39 is 37.0 Å². The molecule has 1 saturated carbocycles. The van der Waals surface area contributed by atoms with E-state index in [4.69, 9.17) is 0 Å². The summed E-state index contributed by atoms with van der Waals surface area (Å²) in [4.78, 5) is -0.282. The third kappa shape index (κ3) is 4.72. The number of anilines is 2. The van der Waals surface area contributed by atoms with Crippen molar-refractivity contribution in [2.75, 3.05) is 9.44 Å². The molecule has 0 saturated heterocycles. The Balaban J connectivity index is 1.84. The second kappa shape index (κ2) is 6.71. The monoisotopic (exact) mass is 420 g/mol. The molecule has 0 amide bonds. The summed E-state index contributed by atoms with van der Waals surface area (Å²) in [6.07, 6.45) is -3.52. The molecule has 2 N–H and O–H groups in total. The van der Waals surface area contributed by atoms with Crippen molar-refractivity contribution >= 4 is 31.4 Å². The van der Waals surface area contributed by atoms with Gasteiger partial charge < -0.3 is 0 Å². The highest BCUT2D eigenvalue weighted by Gasteiger charge is 2.36. The number of sulfonamides is 2. The minimum Gasteiger partial charge on any atom is -0.283 e. The van der Waals surface area contributed by atoms with E-state index in [1.165, 1.54) is 24.3 Å². The molecule has 1 aliphatic carbocycles. The number of hydrogen-bond acceptors (Lipinski definition) is 4. The maximum absolute atomic E-state index is 12.8. The van der Waals surface area contributed by atoms with Crippen LogP contribution in [-0.2, 0) is 26.2 Å². The lowest BCUT2D eigenvalue weighted by atomic mass is 10.2. The van der Waals surface area contributed by atoms with E-state index >= 15 is 0 Å². The van der Waals surface area contributed by atoms with Gasteiger partial charge in [-0.3, -0.25) is 9.44 Å². The molecule has 6 nitrogen and oxygen atoms in total. The third-order valence-electron chi connectivity index (χ3n) is 3.81. The van der Waals surface area contributed by atoms with Crippen LogP contribution in [0.4, 0.5) is 24.5 Å². The summed E-state index contributed by atoms with van der Waals surface area (Å²) in [5.41, 5.74) is -1.18. The fourth-order valence-corrected chi connectivity index (χ4v) is 4.80. The van der Waals surface area contributed by atoms with Crippen molar-refractivity contribution in [1.29, 1.82) is 0 Å². The molecule has 0 spiro atoms. The standard InChI is InChI=1S/C16H15F3N2O4S2/c17-16(18,19)11-3-1-4-12(9-11)20-27(24,25)15-6-2-5-13(10-15)21-26(22,23)14-7-8-14/h1-6,9-10,14,20-21H,7-8H2. The first-order chi connectivity index (χ1) is 12.5. The first-order valence-corrected chi connectivity index (χ1v) is 10.8. The Morgan fingerprint density at radius 2 is 1.44 bits per heavy atom. The van der Waals surface area contributed by atoms with E-state index in [2.05, 4.69) is 9.44 Å². The van der Waals surface area contributed by atoms with E-state index in [1.54, 1.807) is 0 Å². The highest BCUT2D eigenvalue weighted by molar-refractivity contribution is 7.93. The van der Waals surface area contributed by atoms with Crippen LogP contribution in [0.25, 0.3) is 0 Å². The molecule has 0 unspecified atom stereocenters. The lowest BCUT2D eigenvalue weighted by molar-refractivity contribution is -0.137. The van der Waals surface area contributed by atoms with Crippen LogP contribution < -0.4 is 9.44 Å². The molecule has 2 aromatic carbocycles. The second-order valence-corrected chi connectivity index (χ2v) is 9.70. The van der Waals surface area contributed by atoms with Gasteiger partial charge >= 0.3 is 6.18 Å². The van der Waals surface area contributed by atoms with Crippen molar-refractivity contribution in [2.24, 2.45) is 0 Å². The molecule has 0 atom stereocenters. The molecule has 0 bridgehead atoms. The zero-order chi connectivity index (χ0) is 19.9. The zero-order valence-electron chi connectivity index (χ0n) is 13.7. The van der Waals surface area contributed by atoms with Gasteiger partial charge in [-0.15, -0.1) is 0 Å². The molecule has 0 aromatic heterocycles. The number of nitrogens with one attached hydrogen (secondary N) is 2. The largest absolute Gasteiger partial charge is 0.416 e. The van der Waals surface area contributed by atoms with Gasteiger partial charge in [-0.2, -0.15) is 13.2 Å². The summed E-state index contributed by atoms with van der Waals surface area (Å²) in [6.45, 7) is 0. The van der Waals surface area contributed by atoms with Gasteiger partial charge in [-0.1, -0.05) is 12.1 Å². The SMILES string of the molecule is O=S(=O)(Nc1cccc(C(F)(F)F)c1)c1cccc(NS(=O)(=O)C2CC2)c1. The average molecular weight is 420 g/mol. The molecule has 27 heavy (non-hydrogen) atoms. The van der Waals surface area contributed by atoms with Gasteiger partial charge in [-0.05, 0) is 49.2 Å². The summed E-state index contributed by atoms with van der Waals surface area (Å²) in [7, 11) is -7.78. The van der Waals surface area contributed by atoms with Crippen molar-refractivity contribution in [3.05, 3.63) is 54.1 Å². The van der Waals surface area contributed by atoms with Gasteiger partial charge in [0, 0.05) is 11.4 Å². The molecular formula is C16H15F3N2O4S2. The van der Waals surface area contributed by atoms with E-state index in [0.29, 0.717) is 18.9 Å². The molecule has 11 heteroatoms. The molecule has 3 rings (SSSR count). The Morgan fingerprint density at radius 3 is 2.04 bits per heavy atom. The van der Waals surface area contributed by atoms with Gasteiger partial charge in [0.05, 0.1) is 15.7 Å². The smallest absolute Gasteiger partial charge is 0.283 e. The Bertz CT molecular complexity index is 1060. The van der Waals surface area contributed by atoms with E-state index in [0.717, 1.165) is 18.2 Å². The van der Waals surface area contributed by atoms with Crippen molar-refractivity contribution in [3.8, 4) is 0 Å². The molecule has 1 fully saturated rings. The Hall–Kier alpha value is -2.27. The molecule has 0 aliphatic heterocycles. The number of benzene rings is 2. The fraction of sp³-hybridized carbons (Fsp3) is 0.250. The maximum Gasteiger partial charge on any atom is 0.416 e. The highest BCUT2D eigenvalue weighted by Crippen LogP contribution is 2.32. The zero-order valence-corrected chi connectivity index (χ0v) is 15.3. The van der Waals surface area contributed by atoms with Crippen molar-refractivity contribution in [3.63, 3.8) is 0 Å². The van der Waals surface area contributed by atoms with Crippen LogP contribution in [0.15, 0.2) is 53.4 Å². The Morgan fingerprint density at radius 1 is 0.852 bits per heavy atom. The average Bonchev–Trinajstić information content (AvgIpc) is 3.39. The van der Waals surface area contributed by atoms with Crippen LogP contribution in [0, 0.1) is 0 Å². The maximum atomic E-state index is 12.8. The molecule has 2 aromatic rings. The van der Waals surface area contributed by atoms with Crippen LogP contribution in [0.1, 0.15) is 18.4 Å². The van der Waals surface area contributed by atoms with E-state index in [9.17, 15) is 30.0 Å². The van der Waals surface area contributed by atoms with Crippen LogP contribution in [0.3, 0.4) is 0 Å². The number of halogens is 3. The lowest BCUT2D eigenvalue weighted by Gasteiger charge is -2.12. The first-order valence-electron chi connectivity index (χ1n) is 7.79. The van der Waals surface area contributed by atoms with E-state index in [1.807, 2.05) is 0 Å². The lowest BCUT2D eigenvalue weighted by Crippen LogP contribution is -2.18. The molecular weight excluding hydrogens is 405 g/mol. The third-order valence-corrected chi connectivity index (χ3v) is 7.06. The van der Waals surface area contributed by atoms with Crippen molar-refractivity contribution in [2.45, 2.75) is 29.2 Å². The fourth-order valence-electron chi connectivity index (χ4n) is 2.33. The van der Waals surface area contributed by atoms with Gasteiger partial charge in [0.15, 0.2) is 0 Å². The first kappa shape index (κ1) is 19.5. The number of hydrogen-bond donors (Lipinski definition) is 2. The van der Waals surface area contributed by atoms with Crippen LogP contribution in [0.2, 0.25) is 0 Å². The van der Waals surface area contributed by atoms with Crippen molar-refractivity contribution < 1.29 is 30.0 Å².